The van der Waals surface area contributed by atoms with Crippen LogP contribution in [-0.2, 0) is 0 Å². The minimum absolute atomic E-state index is 0.327. The van der Waals surface area contributed by atoms with Gasteiger partial charge in [0, 0.05) is 28.0 Å². The highest BCUT2D eigenvalue weighted by atomic mass is 79.9. The Morgan fingerprint density at radius 3 is 2.79 bits per heavy atom. The molecule has 1 aromatic carbocycles. The highest BCUT2D eigenvalue weighted by Crippen LogP contribution is 2.25. The average Bonchev–Trinajstić information content (AvgIpc) is 2.77. The van der Waals surface area contributed by atoms with E-state index in [1.54, 1.807) is 6.20 Å². The maximum Gasteiger partial charge on any atom is 0.106 e. The van der Waals surface area contributed by atoms with Crippen molar-refractivity contribution in [1.29, 1.82) is 0 Å². The number of rotatable bonds is 4. The number of anilines is 2. The summed E-state index contributed by atoms with van der Waals surface area (Å²) in [6, 6.07) is 6.08. The number of hydrogen-bond acceptors (Lipinski definition) is 3. The first-order valence-corrected chi connectivity index (χ1v) is 7.08. The lowest BCUT2D eigenvalue weighted by Gasteiger charge is -2.10. The molecule has 0 saturated carbocycles. The van der Waals surface area contributed by atoms with Gasteiger partial charge in [-0.15, -0.1) is 0 Å². The molecule has 2 aromatic rings. The Balaban J connectivity index is 2.31. The summed E-state index contributed by atoms with van der Waals surface area (Å²) >= 11 is 8.50. The van der Waals surface area contributed by atoms with Crippen LogP contribution in [0, 0.1) is 0 Å². The van der Waals surface area contributed by atoms with E-state index < -0.39 is 0 Å². The van der Waals surface area contributed by atoms with E-state index in [1.807, 2.05) is 29.1 Å². The second-order valence-corrected chi connectivity index (χ2v) is 5.84. The standard InChI is InChI=1S/C13H15BrN4S/c1-8(2)18-7-10(6-16-18)17-12-5-9(14)3-4-11(12)13(15)19/h3-8,17H,1-2H3,(H2,15,19). The van der Waals surface area contributed by atoms with Gasteiger partial charge in [0.15, 0.2) is 0 Å². The maximum atomic E-state index is 5.73. The van der Waals surface area contributed by atoms with E-state index in [9.17, 15) is 0 Å². The lowest BCUT2D eigenvalue weighted by molar-refractivity contribution is 0.532. The van der Waals surface area contributed by atoms with Crippen LogP contribution in [0.2, 0.25) is 0 Å². The topological polar surface area (TPSA) is 55.9 Å². The predicted molar refractivity (Wildman–Crippen MR) is 85.9 cm³/mol. The van der Waals surface area contributed by atoms with Crippen molar-refractivity contribution >= 4 is 44.5 Å². The van der Waals surface area contributed by atoms with Gasteiger partial charge in [-0.3, -0.25) is 4.68 Å². The Kier molecular flexibility index (Phi) is 4.21. The molecule has 19 heavy (non-hydrogen) atoms. The van der Waals surface area contributed by atoms with Crippen molar-refractivity contribution in [1.82, 2.24) is 9.78 Å². The fraction of sp³-hybridized carbons (Fsp3) is 0.231. The SMILES string of the molecule is CC(C)n1cc(Nc2cc(Br)ccc2C(N)=S)cn1. The van der Waals surface area contributed by atoms with E-state index in [0.717, 1.165) is 21.4 Å². The molecular weight excluding hydrogens is 324 g/mol. The zero-order chi connectivity index (χ0) is 14.0. The normalized spacial score (nSPS) is 10.7. The molecule has 0 amide bonds. The summed E-state index contributed by atoms with van der Waals surface area (Å²) in [5, 5.41) is 7.58. The van der Waals surface area contributed by atoms with Crippen LogP contribution in [0.3, 0.4) is 0 Å². The first kappa shape index (κ1) is 14.0. The van der Waals surface area contributed by atoms with Crippen molar-refractivity contribution in [2.45, 2.75) is 19.9 Å². The number of halogens is 1. The fourth-order valence-corrected chi connectivity index (χ4v) is 2.21. The Bertz CT molecular complexity index is 606. The predicted octanol–water partition coefficient (Wildman–Crippen LogP) is 3.60. The smallest absolute Gasteiger partial charge is 0.106 e. The van der Waals surface area contributed by atoms with Gasteiger partial charge in [0.05, 0.1) is 11.9 Å². The first-order valence-electron chi connectivity index (χ1n) is 5.88. The van der Waals surface area contributed by atoms with Crippen molar-refractivity contribution in [2.75, 3.05) is 5.32 Å². The molecule has 0 aliphatic carbocycles. The zero-order valence-corrected chi connectivity index (χ0v) is 13.1. The molecule has 0 unspecified atom stereocenters. The van der Waals surface area contributed by atoms with Crippen molar-refractivity contribution < 1.29 is 0 Å². The summed E-state index contributed by atoms with van der Waals surface area (Å²) in [6.07, 6.45) is 3.74. The van der Waals surface area contributed by atoms with E-state index in [1.165, 1.54) is 0 Å². The highest BCUT2D eigenvalue weighted by Gasteiger charge is 2.08. The Morgan fingerprint density at radius 1 is 1.47 bits per heavy atom. The van der Waals surface area contributed by atoms with Crippen LogP contribution in [0.15, 0.2) is 35.1 Å². The van der Waals surface area contributed by atoms with Gasteiger partial charge < -0.3 is 11.1 Å². The maximum absolute atomic E-state index is 5.73. The lowest BCUT2D eigenvalue weighted by atomic mass is 10.2. The lowest BCUT2D eigenvalue weighted by Crippen LogP contribution is -2.11. The fourth-order valence-electron chi connectivity index (χ4n) is 1.68. The van der Waals surface area contributed by atoms with Gasteiger partial charge in [-0.25, -0.2) is 0 Å². The van der Waals surface area contributed by atoms with Gasteiger partial charge in [0.2, 0.25) is 0 Å². The number of nitrogens with two attached hydrogens (primary N) is 1. The average molecular weight is 339 g/mol. The number of aromatic nitrogens is 2. The molecule has 6 heteroatoms. The molecule has 0 bridgehead atoms. The minimum Gasteiger partial charge on any atom is -0.389 e. The summed E-state index contributed by atoms with van der Waals surface area (Å²) in [4.78, 5) is 0.367. The van der Waals surface area contributed by atoms with Crippen molar-refractivity contribution in [3.8, 4) is 0 Å². The minimum atomic E-state index is 0.327. The number of thiocarbonyl (C=S) groups is 1. The summed E-state index contributed by atoms with van der Waals surface area (Å²) in [5.74, 6) is 0. The van der Waals surface area contributed by atoms with Gasteiger partial charge in [0.1, 0.15) is 4.99 Å². The zero-order valence-electron chi connectivity index (χ0n) is 10.7. The summed E-state index contributed by atoms with van der Waals surface area (Å²) in [5.41, 5.74) is 8.31. The van der Waals surface area contributed by atoms with Crippen LogP contribution in [-0.4, -0.2) is 14.8 Å². The van der Waals surface area contributed by atoms with Gasteiger partial charge >= 0.3 is 0 Å². The van der Waals surface area contributed by atoms with Crippen LogP contribution in [0.4, 0.5) is 11.4 Å². The summed E-state index contributed by atoms with van der Waals surface area (Å²) < 4.78 is 2.85. The molecule has 3 N–H and O–H groups in total. The first-order chi connectivity index (χ1) is 8.97. The van der Waals surface area contributed by atoms with Crippen LogP contribution in [0.1, 0.15) is 25.5 Å². The number of nitrogens with zero attached hydrogens (tertiary/aromatic N) is 2. The number of benzene rings is 1. The third kappa shape index (κ3) is 3.33. The molecule has 2 rings (SSSR count). The molecule has 4 nitrogen and oxygen atoms in total. The second-order valence-electron chi connectivity index (χ2n) is 4.48. The third-order valence-electron chi connectivity index (χ3n) is 2.66. The van der Waals surface area contributed by atoms with E-state index >= 15 is 0 Å². The van der Waals surface area contributed by atoms with Gasteiger partial charge in [-0.2, -0.15) is 5.10 Å². The van der Waals surface area contributed by atoms with E-state index in [-0.39, 0.29) is 0 Å². The van der Waals surface area contributed by atoms with Gasteiger partial charge in [-0.05, 0) is 32.0 Å². The quantitative estimate of drug-likeness (QED) is 0.836. The molecular formula is C13H15BrN4S. The van der Waals surface area contributed by atoms with Crippen molar-refractivity contribution in [3.63, 3.8) is 0 Å². The molecule has 0 fully saturated rings. The van der Waals surface area contributed by atoms with E-state index in [0.29, 0.717) is 11.0 Å². The molecule has 0 spiro atoms. The van der Waals surface area contributed by atoms with Crippen LogP contribution in [0.25, 0.3) is 0 Å². The monoisotopic (exact) mass is 338 g/mol. The van der Waals surface area contributed by atoms with E-state index in [2.05, 4.69) is 40.2 Å². The number of nitrogens with one attached hydrogen (secondary N) is 1. The molecule has 0 saturated heterocycles. The summed E-state index contributed by atoms with van der Waals surface area (Å²) in [6.45, 7) is 4.16. The Morgan fingerprint density at radius 2 is 2.21 bits per heavy atom. The largest absolute Gasteiger partial charge is 0.389 e. The molecule has 0 radical (unpaired) electrons. The van der Waals surface area contributed by atoms with Crippen molar-refractivity contribution in [2.24, 2.45) is 5.73 Å². The molecule has 100 valence electrons. The van der Waals surface area contributed by atoms with Gasteiger partial charge in [-0.1, -0.05) is 28.1 Å². The molecule has 1 heterocycles. The van der Waals surface area contributed by atoms with Crippen LogP contribution < -0.4 is 11.1 Å². The van der Waals surface area contributed by atoms with E-state index in [4.69, 9.17) is 18.0 Å². The molecule has 0 aliphatic heterocycles. The van der Waals surface area contributed by atoms with Gasteiger partial charge in [0.25, 0.3) is 0 Å². The van der Waals surface area contributed by atoms with Crippen LogP contribution in [0.5, 0.6) is 0 Å². The molecule has 0 aliphatic rings. The number of hydrogen-bond donors (Lipinski definition) is 2. The third-order valence-corrected chi connectivity index (χ3v) is 3.37. The summed E-state index contributed by atoms with van der Waals surface area (Å²) in [7, 11) is 0. The second kappa shape index (κ2) is 5.71. The van der Waals surface area contributed by atoms with Crippen LogP contribution >= 0.6 is 28.1 Å². The Hall–Kier alpha value is -1.40. The Labute approximate surface area is 126 Å². The molecule has 1 aromatic heterocycles. The highest BCUT2D eigenvalue weighted by molar-refractivity contribution is 9.10. The van der Waals surface area contributed by atoms with Crippen molar-refractivity contribution in [3.05, 3.63) is 40.6 Å². The molecule has 0 atom stereocenters.